The molecular formula is C23H24N8. The number of rotatable bonds is 6. The molecule has 0 aliphatic heterocycles. The summed E-state index contributed by atoms with van der Waals surface area (Å²) < 4.78 is 1.86. The van der Waals surface area contributed by atoms with Gasteiger partial charge in [0.05, 0.1) is 41.0 Å². The highest BCUT2D eigenvalue weighted by molar-refractivity contribution is 5.77. The predicted octanol–water partition coefficient (Wildman–Crippen LogP) is 3.77. The molecule has 4 aromatic rings. The van der Waals surface area contributed by atoms with E-state index in [4.69, 9.17) is 4.98 Å². The molecule has 0 bridgehead atoms. The Morgan fingerprint density at radius 2 is 2.06 bits per heavy atom. The minimum absolute atomic E-state index is 0.496. The van der Waals surface area contributed by atoms with Gasteiger partial charge in [-0.1, -0.05) is 6.58 Å². The number of allylic oxidation sites excluding steroid dienone is 1. The van der Waals surface area contributed by atoms with Crippen LogP contribution < -0.4 is 10.2 Å². The lowest BCUT2D eigenvalue weighted by molar-refractivity contribution is 0.231. The molecule has 4 aromatic heterocycles. The van der Waals surface area contributed by atoms with Crippen molar-refractivity contribution < 1.29 is 0 Å². The fraction of sp³-hybridized carbons (Fsp3) is 0.348. The summed E-state index contributed by atoms with van der Waals surface area (Å²) in [4.78, 5) is 20.4. The van der Waals surface area contributed by atoms with E-state index in [-0.39, 0.29) is 0 Å². The van der Waals surface area contributed by atoms with Gasteiger partial charge in [0, 0.05) is 31.2 Å². The van der Waals surface area contributed by atoms with Gasteiger partial charge in [-0.15, -0.1) is 0 Å². The van der Waals surface area contributed by atoms with Gasteiger partial charge in [-0.25, -0.2) is 9.67 Å². The molecule has 2 aliphatic carbocycles. The number of pyridine rings is 2. The second-order valence-corrected chi connectivity index (χ2v) is 8.92. The van der Waals surface area contributed by atoms with E-state index < -0.39 is 0 Å². The molecule has 8 heteroatoms. The summed E-state index contributed by atoms with van der Waals surface area (Å²) in [5.41, 5.74) is 4.82. The van der Waals surface area contributed by atoms with Crippen LogP contribution in [0.2, 0.25) is 0 Å². The van der Waals surface area contributed by atoms with E-state index in [1.54, 1.807) is 18.6 Å². The number of aromatic nitrogens is 6. The minimum Gasteiger partial charge on any atom is -0.357 e. The van der Waals surface area contributed by atoms with E-state index in [1.165, 1.54) is 25.7 Å². The van der Waals surface area contributed by atoms with Crippen LogP contribution in [0.1, 0.15) is 25.7 Å². The van der Waals surface area contributed by atoms with Crippen LogP contribution in [0, 0.1) is 5.41 Å². The number of hydrogen-bond acceptors (Lipinski definition) is 7. The van der Waals surface area contributed by atoms with Crippen LogP contribution in [0.15, 0.2) is 55.3 Å². The van der Waals surface area contributed by atoms with Gasteiger partial charge in [0.15, 0.2) is 5.65 Å². The van der Waals surface area contributed by atoms with Crippen LogP contribution in [-0.2, 0) is 6.54 Å². The Bertz CT molecular complexity index is 1300. The molecule has 1 N–H and O–H groups in total. The Hall–Kier alpha value is -3.55. The van der Waals surface area contributed by atoms with Crippen molar-refractivity contribution in [1.29, 1.82) is 0 Å². The summed E-state index contributed by atoms with van der Waals surface area (Å²) in [6.45, 7) is 4.67. The van der Waals surface area contributed by atoms with Crippen LogP contribution in [0.5, 0.6) is 0 Å². The van der Waals surface area contributed by atoms with E-state index in [9.17, 15) is 0 Å². The molecule has 0 aromatic carbocycles. The molecule has 8 nitrogen and oxygen atoms in total. The summed E-state index contributed by atoms with van der Waals surface area (Å²) >= 11 is 0. The first-order valence-electron chi connectivity index (χ1n) is 10.7. The SMILES string of the molecule is C=C(Cn1ncc2cnc(N(C)C3CC4(CC4)C3)nc21)Nc1cnc2cccnc2c1. The molecule has 0 saturated heterocycles. The molecule has 4 heterocycles. The van der Waals surface area contributed by atoms with E-state index >= 15 is 0 Å². The number of nitrogens with one attached hydrogen (secondary N) is 1. The smallest absolute Gasteiger partial charge is 0.227 e. The fourth-order valence-electron chi connectivity index (χ4n) is 4.55. The second kappa shape index (κ2) is 6.73. The number of anilines is 2. The van der Waals surface area contributed by atoms with Gasteiger partial charge in [-0.2, -0.15) is 10.1 Å². The first kappa shape index (κ1) is 18.2. The third-order valence-corrected chi connectivity index (χ3v) is 6.63. The molecule has 156 valence electrons. The van der Waals surface area contributed by atoms with Crippen LogP contribution in [0.3, 0.4) is 0 Å². The molecule has 6 rings (SSSR count). The molecular weight excluding hydrogens is 388 g/mol. The zero-order valence-corrected chi connectivity index (χ0v) is 17.5. The van der Waals surface area contributed by atoms with E-state index in [0.29, 0.717) is 18.0 Å². The molecule has 0 radical (unpaired) electrons. The molecule has 0 atom stereocenters. The quantitative estimate of drug-likeness (QED) is 0.516. The second-order valence-electron chi connectivity index (χ2n) is 8.92. The predicted molar refractivity (Wildman–Crippen MR) is 121 cm³/mol. The van der Waals surface area contributed by atoms with Crippen LogP contribution >= 0.6 is 0 Å². The summed E-state index contributed by atoms with van der Waals surface area (Å²) in [7, 11) is 2.10. The van der Waals surface area contributed by atoms with Crippen molar-refractivity contribution in [1.82, 2.24) is 29.7 Å². The van der Waals surface area contributed by atoms with Crippen molar-refractivity contribution in [3.05, 3.63) is 55.3 Å². The minimum atomic E-state index is 0.496. The molecule has 1 spiro atoms. The Morgan fingerprint density at radius 3 is 2.90 bits per heavy atom. The van der Waals surface area contributed by atoms with Crippen molar-refractivity contribution in [3.8, 4) is 0 Å². The van der Waals surface area contributed by atoms with Gasteiger partial charge < -0.3 is 10.2 Å². The largest absolute Gasteiger partial charge is 0.357 e. The standard InChI is InChI=1S/C23H24N8/c1-15(28-17-8-20-19(25-13-17)4-3-7-24-20)14-31-21-16(12-27-31)11-26-22(29-21)30(2)18-9-23(10-18)5-6-23/h3-4,7-8,11-13,18,28H,1,5-6,9-10,14H2,2H3. The molecule has 0 amide bonds. The lowest BCUT2D eigenvalue weighted by Gasteiger charge is -2.41. The van der Waals surface area contributed by atoms with Crippen LogP contribution in [0.25, 0.3) is 22.1 Å². The highest BCUT2D eigenvalue weighted by Crippen LogP contribution is 2.61. The Morgan fingerprint density at radius 1 is 1.19 bits per heavy atom. The van der Waals surface area contributed by atoms with Crippen molar-refractivity contribution >= 4 is 33.7 Å². The van der Waals surface area contributed by atoms with E-state index in [2.05, 4.69) is 43.9 Å². The van der Waals surface area contributed by atoms with E-state index in [0.717, 1.165) is 39.4 Å². The average Bonchev–Trinajstić information content (AvgIpc) is 3.48. The molecule has 0 unspecified atom stereocenters. The molecule has 2 aliphatic rings. The summed E-state index contributed by atoms with van der Waals surface area (Å²) in [5.74, 6) is 0.762. The zero-order chi connectivity index (χ0) is 21.0. The first-order chi connectivity index (χ1) is 15.1. The third kappa shape index (κ3) is 3.28. The highest BCUT2D eigenvalue weighted by atomic mass is 15.3. The zero-order valence-electron chi connectivity index (χ0n) is 17.5. The summed E-state index contributed by atoms with van der Waals surface area (Å²) in [5, 5.41) is 8.75. The van der Waals surface area contributed by atoms with Gasteiger partial charge in [0.2, 0.25) is 5.95 Å². The monoisotopic (exact) mass is 412 g/mol. The Balaban J connectivity index is 1.19. The normalized spacial score (nSPS) is 17.1. The number of fused-ring (bicyclic) bond motifs is 2. The highest BCUT2D eigenvalue weighted by Gasteiger charge is 2.54. The molecule has 31 heavy (non-hydrogen) atoms. The number of hydrogen-bond donors (Lipinski definition) is 1. The third-order valence-electron chi connectivity index (χ3n) is 6.63. The van der Waals surface area contributed by atoms with Crippen molar-refractivity contribution in [2.24, 2.45) is 5.41 Å². The maximum atomic E-state index is 4.83. The lowest BCUT2D eigenvalue weighted by atomic mass is 9.76. The van der Waals surface area contributed by atoms with Crippen LogP contribution in [-0.4, -0.2) is 42.8 Å². The van der Waals surface area contributed by atoms with Gasteiger partial charge in [0.25, 0.3) is 0 Å². The average molecular weight is 413 g/mol. The molecule has 2 saturated carbocycles. The Kier molecular flexibility index (Phi) is 3.96. The van der Waals surface area contributed by atoms with Crippen molar-refractivity contribution in [2.45, 2.75) is 38.3 Å². The van der Waals surface area contributed by atoms with Gasteiger partial charge in [-0.05, 0) is 49.3 Å². The fourth-order valence-corrected chi connectivity index (χ4v) is 4.55. The summed E-state index contributed by atoms with van der Waals surface area (Å²) in [6, 6.07) is 6.34. The van der Waals surface area contributed by atoms with Crippen LogP contribution in [0.4, 0.5) is 11.6 Å². The van der Waals surface area contributed by atoms with Crippen molar-refractivity contribution in [2.75, 3.05) is 17.3 Å². The van der Waals surface area contributed by atoms with Crippen molar-refractivity contribution in [3.63, 3.8) is 0 Å². The van der Waals surface area contributed by atoms with Gasteiger partial charge in [-0.3, -0.25) is 9.97 Å². The topological polar surface area (TPSA) is 84.7 Å². The van der Waals surface area contributed by atoms with Gasteiger partial charge >= 0.3 is 0 Å². The first-order valence-corrected chi connectivity index (χ1v) is 10.7. The maximum Gasteiger partial charge on any atom is 0.227 e. The van der Waals surface area contributed by atoms with E-state index in [1.807, 2.05) is 29.1 Å². The Labute approximate surface area is 180 Å². The lowest BCUT2D eigenvalue weighted by Crippen LogP contribution is -2.44. The molecule has 2 fully saturated rings. The number of nitrogens with zero attached hydrogens (tertiary/aromatic N) is 7. The van der Waals surface area contributed by atoms with Gasteiger partial charge in [0.1, 0.15) is 0 Å². The summed E-state index contributed by atoms with van der Waals surface area (Å²) in [6.07, 6.45) is 12.5. The maximum absolute atomic E-state index is 4.83.